The van der Waals surface area contributed by atoms with Crippen LogP contribution in [0.3, 0.4) is 0 Å². The number of ketones is 1. The molecule has 1 aromatic carbocycles. The first-order chi connectivity index (χ1) is 9.77. The molecule has 0 saturated carbocycles. The van der Waals surface area contributed by atoms with Crippen molar-refractivity contribution in [3.05, 3.63) is 29.3 Å². The van der Waals surface area contributed by atoms with Crippen LogP contribution in [0.15, 0.2) is 23.8 Å². The number of carboxylic acid groups (broad SMARTS) is 1. The van der Waals surface area contributed by atoms with Crippen LogP contribution in [0.25, 0.3) is 5.57 Å². The SMILES string of the molecule is COc1cc(C(CC(C)C)=C(C(C)=O)C(=O)O)ccc1O. The topological polar surface area (TPSA) is 83.8 Å². The zero-order chi connectivity index (χ0) is 16.2. The summed E-state index contributed by atoms with van der Waals surface area (Å²) in [5.41, 5.74) is 0.783. The van der Waals surface area contributed by atoms with E-state index in [9.17, 15) is 19.8 Å². The van der Waals surface area contributed by atoms with Gasteiger partial charge in [-0.3, -0.25) is 4.79 Å². The van der Waals surface area contributed by atoms with Gasteiger partial charge in [-0.1, -0.05) is 19.9 Å². The molecule has 0 spiro atoms. The highest BCUT2D eigenvalue weighted by Gasteiger charge is 2.21. The monoisotopic (exact) mass is 292 g/mol. The Balaban J connectivity index is 3.54. The van der Waals surface area contributed by atoms with Crippen LogP contribution in [0.1, 0.15) is 32.8 Å². The predicted octanol–water partition coefficient (Wildman–Crippen LogP) is 2.87. The number of allylic oxidation sites excluding steroid dienone is 1. The first-order valence-corrected chi connectivity index (χ1v) is 6.62. The van der Waals surface area contributed by atoms with E-state index in [1.165, 1.54) is 20.1 Å². The molecule has 5 heteroatoms. The maximum Gasteiger partial charge on any atom is 0.339 e. The van der Waals surface area contributed by atoms with Crippen LogP contribution in [-0.2, 0) is 9.59 Å². The van der Waals surface area contributed by atoms with Gasteiger partial charge in [0.15, 0.2) is 17.3 Å². The Morgan fingerprint density at radius 1 is 1.29 bits per heavy atom. The summed E-state index contributed by atoms with van der Waals surface area (Å²) in [6.07, 6.45) is 0.440. The number of ether oxygens (including phenoxy) is 1. The predicted molar refractivity (Wildman–Crippen MR) is 79.4 cm³/mol. The number of carbonyl (C=O) groups is 2. The highest BCUT2D eigenvalue weighted by Crippen LogP contribution is 2.33. The summed E-state index contributed by atoms with van der Waals surface area (Å²) >= 11 is 0. The number of phenolic OH excluding ortho intramolecular Hbond substituents is 1. The highest BCUT2D eigenvalue weighted by molar-refractivity contribution is 6.21. The second-order valence-electron chi connectivity index (χ2n) is 5.20. The largest absolute Gasteiger partial charge is 0.504 e. The Kier molecular flexibility index (Phi) is 5.52. The van der Waals surface area contributed by atoms with Crippen LogP contribution in [0.5, 0.6) is 11.5 Å². The van der Waals surface area contributed by atoms with E-state index < -0.39 is 11.8 Å². The molecule has 0 saturated heterocycles. The Morgan fingerprint density at radius 2 is 1.90 bits per heavy atom. The molecule has 0 aliphatic carbocycles. The van der Waals surface area contributed by atoms with Gasteiger partial charge in [-0.15, -0.1) is 0 Å². The van der Waals surface area contributed by atoms with Crippen LogP contribution in [-0.4, -0.2) is 29.1 Å². The summed E-state index contributed by atoms with van der Waals surface area (Å²) in [4.78, 5) is 23.1. The molecule has 0 bridgehead atoms. The number of aromatic hydroxyl groups is 1. The number of Topliss-reactive ketones (excluding diaryl/α,β-unsaturated/α-hetero) is 1. The molecule has 0 aliphatic rings. The molecule has 0 fully saturated rings. The molecule has 2 N–H and O–H groups in total. The van der Waals surface area contributed by atoms with Crippen LogP contribution in [0.2, 0.25) is 0 Å². The van der Waals surface area contributed by atoms with Gasteiger partial charge in [-0.05, 0) is 42.5 Å². The second-order valence-corrected chi connectivity index (χ2v) is 5.20. The van der Waals surface area contributed by atoms with E-state index >= 15 is 0 Å². The molecule has 1 aromatic rings. The third-order valence-corrected chi connectivity index (χ3v) is 3.01. The lowest BCUT2D eigenvalue weighted by Crippen LogP contribution is -2.13. The number of benzene rings is 1. The summed E-state index contributed by atoms with van der Waals surface area (Å²) in [6, 6.07) is 4.55. The molecule has 5 nitrogen and oxygen atoms in total. The fourth-order valence-electron chi connectivity index (χ4n) is 2.13. The normalized spacial score (nSPS) is 12.0. The minimum absolute atomic E-state index is 0.0372. The van der Waals surface area contributed by atoms with Gasteiger partial charge >= 0.3 is 5.97 Å². The van der Waals surface area contributed by atoms with Crippen LogP contribution < -0.4 is 4.74 Å². The van der Waals surface area contributed by atoms with E-state index in [0.29, 0.717) is 17.6 Å². The van der Waals surface area contributed by atoms with Crippen LogP contribution in [0, 0.1) is 5.92 Å². The minimum Gasteiger partial charge on any atom is -0.504 e. The molecule has 0 aliphatic heterocycles. The Bertz CT molecular complexity index is 568. The minimum atomic E-state index is -1.25. The Morgan fingerprint density at radius 3 is 2.33 bits per heavy atom. The van der Waals surface area contributed by atoms with Gasteiger partial charge < -0.3 is 14.9 Å². The molecule has 0 aromatic heterocycles. The average molecular weight is 292 g/mol. The van der Waals surface area contributed by atoms with Crippen LogP contribution >= 0.6 is 0 Å². The van der Waals surface area contributed by atoms with Gasteiger partial charge in [-0.2, -0.15) is 0 Å². The van der Waals surface area contributed by atoms with Crippen molar-refractivity contribution in [2.45, 2.75) is 27.2 Å². The zero-order valence-corrected chi connectivity index (χ0v) is 12.6. The third-order valence-electron chi connectivity index (χ3n) is 3.01. The maximum atomic E-state index is 11.7. The first-order valence-electron chi connectivity index (χ1n) is 6.62. The van der Waals surface area contributed by atoms with Crippen molar-refractivity contribution >= 4 is 17.3 Å². The van der Waals surface area contributed by atoms with Crippen molar-refractivity contribution in [3.8, 4) is 11.5 Å². The fraction of sp³-hybridized carbons (Fsp3) is 0.375. The van der Waals surface area contributed by atoms with Crippen molar-refractivity contribution in [2.24, 2.45) is 5.92 Å². The van der Waals surface area contributed by atoms with E-state index in [-0.39, 0.29) is 23.0 Å². The molecule has 0 amide bonds. The van der Waals surface area contributed by atoms with Crippen molar-refractivity contribution in [1.82, 2.24) is 0 Å². The first kappa shape index (κ1) is 16.8. The highest BCUT2D eigenvalue weighted by atomic mass is 16.5. The third kappa shape index (κ3) is 4.08. The summed E-state index contributed by atoms with van der Waals surface area (Å²) in [5, 5.41) is 18.9. The summed E-state index contributed by atoms with van der Waals surface area (Å²) in [6.45, 7) is 5.12. The Hall–Kier alpha value is -2.30. The van der Waals surface area contributed by atoms with Gasteiger partial charge in [0.25, 0.3) is 0 Å². The van der Waals surface area contributed by atoms with E-state index in [1.807, 2.05) is 13.8 Å². The van der Waals surface area contributed by atoms with Gasteiger partial charge in [-0.25, -0.2) is 4.79 Å². The van der Waals surface area contributed by atoms with E-state index in [0.717, 1.165) is 0 Å². The summed E-state index contributed by atoms with van der Waals surface area (Å²) < 4.78 is 5.04. The Labute approximate surface area is 123 Å². The standard InChI is InChI=1S/C16H20O5/c1-9(2)7-12(15(10(3)17)16(19)20)11-5-6-13(18)14(8-11)21-4/h5-6,8-9,18H,7H2,1-4H3,(H,19,20). The number of aliphatic carboxylic acids is 1. The number of phenols is 1. The maximum absolute atomic E-state index is 11.7. The van der Waals surface area contributed by atoms with Crippen molar-refractivity contribution in [1.29, 1.82) is 0 Å². The number of hydrogen-bond donors (Lipinski definition) is 2. The van der Waals surface area contributed by atoms with Crippen molar-refractivity contribution in [2.75, 3.05) is 7.11 Å². The number of carboxylic acids is 1. The number of rotatable bonds is 6. The lowest BCUT2D eigenvalue weighted by Gasteiger charge is -2.15. The van der Waals surface area contributed by atoms with Crippen molar-refractivity contribution < 1.29 is 24.5 Å². The summed E-state index contributed by atoms with van der Waals surface area (Å²) in [5.74, 6) is -1.37. The van der Waals surface area contributed by atoms with E-state index in [1.54, 1.807) is 12.1 Å². The van der Waals surface area contributed by atoms with Gasteiger partial charge in [0, 0.05) is 0 Å². The van der Waals surface area contributed by atoms with Crippen LogP contribution in [0.4, 0.5) is 0 Å². The molecule has 21 heavy (non-hydrogen) atoms. The molecule has 114 valence electrons. The smallest absolute Gasteiger partial charge is 0.339 e. The van der Waals surface area contributed by atoms with Gasteiger partial charge in [0.05, 0.1) is 7.11 Å². The number of hydrogen-bond acceptors (Lipinski definition) is 4. The fourth-order valence-corrected chi connectivity index (χ4v) is 2.13. The molecule has 0 heterocycles. The van der Waals surface area contributed by atoms with E-state index in [4.69, 9.17) is 4.74 Å². The molecule has 0 unspecified atom stereocenters. The second kappa shape index (κ2) is 6.92. The summed E-state index contributed by atoms with van der Waals surface area (Å²) in [7, 11) is 1.41. The molecule has 0 radical (unpaired) electrons. The molecular weight excluding hydrogens is 272 g/mol. The molecular formula is C16H20O5. The van der Waals surface area contributed by atoms with Gasteiger partial charge in [0.1, 0.15) is 5.57 Å². The molecule has 1 rings (SSSR count). The van der Waals surface area contributed by atoms with E-state index in [2.05, 4.69) is 0 Å². The lowest BCUT2D eigenvalue weighted by atomic mass is 9.90. The quantitative estimate of drug-likeness (QED) is 0.478. The average Bonchev–Trinajstić information content (AvgIpc) is 2.37. The van der Waals surface area contributed by atoms with Crippen molar-refractivity contribution in [3.63, 3.8) is 0 Å². The number of carbonyl (C=O) groups excluding carboxylic acids is 1. The molecule has 0 atom stereocenters. The zero-order valence-electron chi connectivity index (χ0n) is 12.6. The number of methoxy groups -OCH3 is 1. The lowest BCUT2D eigenvalue weighted by molar-refractivity contribution is -0.134. The van der Waals surface area contributed by atoms with Gasteiger partial charge in [0.2, 0.25) is 0 Å².